The van der Waals surface area contributed by atoms with E-state index >= 15 is 0 Å². The number of nitrogens with zero attached hydrogens (tertiary/aromatic N) is 1. The molecule has 1 aliphatic rings. The lowest BCUT2D eigenvalue weighted by Gasteiger charge is -2.30. The molecule has 0 bridgehead atoms. The number of piperidine rings is 1. The minimum atomic E-state index is -0.523. The number of benzene rings is 1. The SMILES string of the molecule is COc1ccc(C(=O)N2CCCC(N)C2)cc1F. The molecule has 0 saturated carbocycles. The van der Waals surface area contributed by atoms with E-state index in [2.05, 4.69) is 0 Å². The molecule has 1 heterocycles. The van der Waals surface area contributed by atoms with Gasteiger partial charge in [-0.1, -0.05) is 0 Å². The maximum atomic E-state index is 13.5. The van der Waals surface area contributed by atoms with E-state index in [-0.39, 0.29) is 17.7 Å². The number of nitrogens with two attached hydrogens (primary N) is 1. The number of carbonyl (C=O) groups is 1. The maximum Gasteiger partial charge on any atom is 0.254 e. The second-order valence-electron chi connectivity index (χ2n) is 4.50. The fourth-order valence-electron chi connectivity index (χ4n) is 2.18. The summed E-state index contributed by atoms with van der Waals surface area (Å²) in [5.41, 5.74) is 6.16. The maximum absolute atomic E-state index is 13.5. The molecule has 1 unspecified atom stereocenters. The fourth-order valence-corrected chi connectivity index (χ4v) is 2.18. The van der Waals surface area contributed by atoms with Crippen LogP contribution in [-0.2, 0) is 0 Å². The van der Waals surface area contributed by atoms with Crippen LogP contribution in [0.5, 0.6) is 5.75 Å². The van der Waals surface area contributed by atoms with Gasteiger partial charge < -0.3 is 15.4 Å². The van der Waals surface area contributed by atoms with Gasteiger partial charge in [0.05, 0.1) is 7.11 Å². The number of hydrogen-bond donors (Lipinski definition) is 1. The van der Waals surface area contributed by atoms with Crippen LogP contribution < -0.4 is 10.5 Å². The number of halogens is 1. The lowest BCUT2D eigenvalue weighted by atomic mass is 10.1. The van der Waals surface area contributed by atoms with E-state index in [1.807, 2.05) is 0 Å². The van der Waals surface area contributed by atoms with Crippen LogP contribution in [0.2, 0.25) is 0 Å². The van der Waals surface area contributed by atoms with Gasteiger partial charge in [0.1, 0.15) is 0 Å². The third kappa shape index (κ3) is 2.61. The standard InChI is InChI=1S/C13H17FN2O2/c1-18-12-5-4-9(7-11(12)14)13(17)16-6-2-3-10(15)8-16/h4-5,7,10H,2-3,6,8,15H2,1H3. The molecule has 1 aromatic carbocycles. The molecule has 0 aromatic heterocycles. The molecule has 1 amide bonds. The topological polar surface area (TPSA) is 55.6 Å². The van der Waals surface area contributed by atoms with Crippen molar-refractivity contribution in [3.8, 4) is 5.75 Å². The zero-order valence-corrected chi connectivity index (χ0v) is 10.4. The normalized spacial score (nSPS) is 19.7. The molecule has 1 aromatic rings. The summed E-state index contributed by atoms with van der Waals surface area (Å²) in [6.45, 7) is 1.21. The van der Waals surface area contributed by atoms with E-state index in [1.165, 1.54) is 19.2 Å². The van der Waals surface area contributed by atoms with Gasteiger partial charge in [0, 0.05) is 24.7 Å². The molecule has 1 saturated heterocycles. The molecule has 18 heavy (non-hydrogen) atoms. The van der Waals surface area contributed by atoms with Crippen molar-refractivity contribution >= 4 is 5.91 Å². The molecule has 5 heteroatoms. The number of methoxy groups -OCH3 is 1. The van der Waals surface area contributed by atoms with Gasteiger partial charge in [0.2, 0.25) is 0 Å². The predicted molar refractivity (Wildman–Crippen MR) is 66.1 cm³/mol. The lowest BCUT2D eigenvalue weighted by molar-refractivity contribution is 0.0708. The van der Waals surface area contributed by atoms with E-state index in [0.717, 1.165) is 12.8 Å². The molecule has 4 nitrogen and oxygen atoms in total. The highest BCUT2D eigenvalue weighted by molar-refractivity contribution is 5.94. The van der Waals surface area contributed by atoms with Crippen molar-refractivity contribution in [3.05, 3.63) is 29.6 Å². The highest BCUT2D eigenvalue weighted by Gasteiger charge is 2.22. The summed E-state index contributed by atoms with van der Waals surface area (Å²) in [4.78, 5) is 13.8. The number of likely N-dealkylation sites (tertiary alicyclic amines) is 1. The van der Waals surface area contributed by atoms with Crippen molar-refractivity contribution < 1.29 is 13.9 Å². The molecule has 2 rings (SSSR count). The second-order valence-corrected chi connectivity index (χ2v) is 4.50. The molecule has 1 aliphatic heterocycles. The first kappa shape index (κ1) is 12.8. The zero-order valence-electron chi connectivity index (χ0n) is 10.4. The summed E-state index contributed by atoms with van der Waals surface area (Å²) in [6.07, 6.45) is 1.83. The number of carbonyl (C=O) groups excluding carboxylic acids is 1. The van der Waals surface area contributed by atoms with E-state index in [1.54, 1.807) is 11.0 Å². The average Bonchev–Trinajstić information content (AvgIpc) is 2.37. The first-order chi connectivity index (χ1) is 8.61. The van der Waals surface area contributed by atoms with Gasteiger partial charge in [-0.05, 0) is 31.0 Å². The molecule has 0 aliphatic carbocycles. The van der Waals surface area contributed by atoms with Crippen LogP contribution in [0.25, 0.3) is 0 Å². The number of amides is 1. The molecule has 1 fully saturated rings. The first-order valence-corrected chi connectivity index (χ1v) is 6.00. The summed E-state index contributed by atoms with van der Waals surface area (Å²) in [7, 11) is 1.39. The highest BCUT2D eigenvalue weighted by Crippen LogP contribution is 2.20. The van der Waals surface area contributed by atoms with Crippen molar-refractivity contribution in [2.75, 3.05) is 20.2 Å². The Labute approximate surface area is 106 Å². The Bertz CT molecular complexity index is 451. The summed E-state index contributed by atoms with van der Waals surface area (Å²) >= 11 is 0. The largest absolute Gasteiger partial charge is 0.494 e. The molecule has 2 N–H and O–H groups in total. The Balaban J connectivity index is 2.15. The molecule has 0 spiro atoms. The lowest BCUT2D eigenvalue weighted by Crippen LogP contribution is -2.45. The van der Waals surface area contributed by atoms with E-state index in [9.17, 15) is 9.18 Å². The van der Waals surface area contributed by atoms with Crippen LogP contribution in [0, 0.1) is 5.82 Å². The number of rotatable bonds is 2. The van der Waals surface area contributed by atoms with Crippen molar-refractivity contribution in [1.29, 1.82) is 0 Å². The minimum Gasteiger partial charge on any atom is -0.494 e. The molecule has 98 valence electrons. The molecule has 0 radical (unpaired) electrons. The third-order valence-electron chi connectivity index (χ3n) is 3.14. The van der Waals surface area contributed by atoms with E-state index in [4.69, 9.17) is 10.5 Å². The summed E-state index contributed by atoms with van der Waals surface area (Å²) in [6, 6.07) is 4.27. The summed E-state index contributed by atoms with van der Waals surface area (Å²) in [5, 5.41) is 0. The van der Waals surface area contributed by atoms with Crippen molar-refractivity contribution in [3.63, 3.8) is 0 Å². The Morgan fingerprint density at radius 3 is 2.94 bits per heavy atom. The van der Waals surface area contributed by atoms with Crippen LogP contribution in [0.15, 0.2) is 18.2 Å². The fraction of sp³-hybridized carbons (Fsp3) is 0.462. The zero-order chi connectivity index (χ0) is 13.1. The van der Waals surface area contributed by atoms with Gasteiger partial charge in [0.15, 0.2) is 11.6 Å². The molecular formula is C13H17FN2O2. The van der Waals surface area contributed by atoms with Crippen molar-refractivity contribution in [2.24, 2.45) is 5.73 Å². The monoisotopic (exact) mass is 252 g/mol. The van der Waals surface area contributed by atoms with Crippen molar-refractivity contribution in [1.82, 2.24) is 4.90 Å². The van der Waals surface area contributed by atoms with Gasteiger partial charge in [-0.15, -0.1) is 0 Å². The smallest absolute Gasteiger partial charge is 0.254 e. The van der Waals surface area contributed by atoms with Gasteiger partial charge in [-0.3, -0.25) is 4.79 Å². The summed E-state index contributed by atoms with van der Waals surface area (Å²) in [5.74, 6) is -0.557. The first-order valence-electron chi connectivity index (χ1n) is 6.00. The van der Waals surface area contributed by atoms with Gasteiger partial charge in [-0.25, -0.2) is 4.39 Å². The summed E-state index contributed by atoms with van der Waals surface area (Å²) < 4.78 is 18.4. The van der Waals surface area contributed by atoms with Crippen LogP contribution in [0.3, 0.4) is 0 Å². The predicted octanol–water partition coefficient (Wildman–Crippen LogP) is 1.40. The third-order valence-corrected chi connectivity index (χ3v) is 3.14. The van der Waals surface area contributed by atoms with Gasteiger partial charge in [-0.2, -0.15) is 0 Å². The van der Waals surface area contributed by atoms with Gasteiger partial charge >= 0.3 is 0 Å². The average molecular weight is 252 g/mol. The molecule has 1 atom stereocenters. The van der Waals surface area contributed by atoms with Crippen LogP contribution >= 0.6 is 0 Å². The van der Waals surface area contributed by atoms with Crippen LogP contribution in [0.4, 0.5) is 4.39 Å². The van der Waals surface area contributed by atoms with Crippen LogP contribution in [0.1, 0.15) is 23.2 Å². The Morgan fingerprint density at radius 1 is 1.56 bits per heavy atom. The minimum absolute atomic E-state index is 0.0193. The molecular weight excluding hydrogens is 235 g/mol. The Hall–Kier alpha value is -1.62. The van der Waals surface area contributed by atoms with Gasteiger partial charge in [0.25, 0.3) is 5.91 Å². The second kappa shape index (κ2) is 5.35. The quantitative estimate of drug-likeness (QED) is 0.865. The number of hydrogen-bond acceptors (Lipinski definition) is 3. The van der Waals surface area contributed by atoms with Crippen molar-refractivity contribution in [2.45, 2.75) is 18.9 Å². The van der Waals surface area contributed by atoms with Crippen LogP contribution in [-0.4, -0.2) is 37.0 Å². The van der Waals surface area contributed by atoms with E-state index in [0.29, 0.717) is 18.7 Å². The van der Waals surface area contributed by atoms with E-state index < -0.39 is 5.82 Å². The Kier molecular flexibility index (Phi) is 3.81. The highest BCUT2D eigenvalue weighted by atomic mass is 19.1. The Morgan fingerprint density at radius 2 is 2.33 bits per heavy atom. The number of ether oxygens (including phenoxy) is 1.